The summed E-state index contributed by atoms with van der Waals surface area (Å²) in [4.78, 5) is 24.8. The highest BCUT2D eigenvalue weighted by atomic mass is 35.5. The lowest BCUT2D eigenvalue weighted by atomic mass is 10.1. The second kappa shape index (κ2) is 3.55. The van der Waals surface area contributed by atoms with Gasteiger partial charge in [0.15, 0.2) is 0 Å². The van der Waals surface area contributed by atoms with Gasteiger partial charge >= 0.3 is 6.09 Å². The van der Waals surface area contributed by atoms with E-state index in [0.717, 1.165) is 0 Å². The predicted octanol–water partition coefficient (Wildman–Crippen LogP) is 1.57. The highest BCUT2D eigenvalue weighted by molar-refractivity contribution is 6.28. The Kier molecular flexibility index (Phi) is 2.46. The van der Waals surface area contributed by atoms with E-state index in [9.17, 15) is 4.79 Å². The van der Waals surface area contributed by atoms with E-state index in [1.807, 2.05) is 13.8 Å². The van der Waals surface area contributed by atoms with Gasteiger partial charge in [-0.2, -0.15) is 9.97 Å². The van der Waals surface area contributed by atoms with Crippen molar-refractivity contribution in [1.29, 1.82) is 0 Å². The minimum atomic E-state index is -0.478. The molecule has 1 aliphatic heterocycles. The van der Waals surface area contributed by atoms with Gasteiger partial charge in [-0.15, -0.1) is 0 Å². The number of ether oxygens (including phenoxy) is 1. The molecule has 0 unspecified atom stereocenters. The lowest BCUT2D eigenvalue weighted by Crippen LogP contribution is -2.43. The molecule has 0 N–H and O–H groups in total. The SMILES string of the molecule is Cc1nc(Cl)nc(N2C(=O)OCC2(C)C)n1. The van der Waals surface area contributed by atoms with Crippen LogP contribution in [0, 0.1) is 6.92 Å². The fourth-order valence-electron chi connectivity index (χ4n) is 1.50. The molecule has 0 spiro atoms. The highest BCUT2D eigenvalue weighted by Gasteiger charge is 2.42. The molecule has 1 aromatic heterocycles. The van der Waals surface area contributed by atoms with Crippen molar-refractivity contribution in [3.8, 4) is 0 Å². The molecule has 86 valence electrons. The number of nitrogens with zero attached hydrogens (tertiary/aromatic N) is 4. The molecule has 0 radical (unpaired) electrons. The molecular weight excluding hydrogens is 232 g/mol. The molecule has 1 saturated heterocycles. The van der Waals surface area contributed by atoms with E-state index in [-0.39, 0.29) is 11.2 Å². The average Bonchev–Trinajstić information content (AvgIpc) is 2.38. The third kappa shape index (κ3) is 1.80. The third-order valence-electron chi connectivity index (χ3n) is 2.24. The van der Waals surface area contributed by atoms with Gasteiger partial charge in [0.05, 0.1) is 5.54 Å². The molecular formula is C9H11ClN4O2. The zero-order chi connectivity index (χ0) is 11.9. The van der Waals surface area contributed by atoms with Crippen LogP contribution < -0.4 is 4.90 Å². The topological polar surface area (TPSA) is 68.2 Å². The molecule has 1 fully saturated rings. The van der Waals surface area contributed by atoms with Crippen molar-refractivity contribution in [2.45, 2.75) is 26.3 Å². The Morgan fingerprint density at radius 2 is 2.06 bits per heavy atom. The second-order valence-corrected chi connectivity index (χ2v) is 4.49. The molecule has 16 heavy (non-hydrogen) atoms. The minimum absolute atomic E-state index is 0.0676. The van der Waals surface area contributed by atoms with E-state index >= 15 is 0 Å². The lowest BCUT2D eigenvalue weighted by Gasteiger charge is -2.25. The van der Waals surface area contributed by atoms with Crippen molar-refractivity contribution < 1.29 is 9.53 Å². The van der Waals surface area contributed by atoms with Crippen LogP contribution >= 0.6 is 11.6 Å². The first-order chi connectivity index (χ1) is 7.40. The van der Waals surface area contributed by atoms with Gasteiger partial charge < -0.3 is 4.74 Å². The van der Waals surface area contributed by atoms with Gasteiger partial charge in [-0.05, 0) is 32.4 Å². The number of aromatic nitrogens is 3. The molecule has 2 heterocycles. The fraction of sp³-hybridized carbons (Fsp3) is 0.556. The maximum atomic E-state index is 11.6. The Hall–Kier alpha value is -1.43. The zero-order valence-electron chi connectivity index (χ0n) is 9.19. The maximum Gasteiger partial charge on any atom is 0.417 e. The van der Waals surface area contributed by atoms with Crippen LogP contribution in [-0.4, -0.2) is 33.2 Å². The van der Waals surface area contributed by atoms with Gasteiger partial charge in [0, 0.05) is 0 Å². The normalized spacial score (nSPS) is 18.8. The summed E-state index contributed by atoms with van der Waals surface area (Å²) in [6.45, 7) is 5.72. The molecule has 0 aromatic carbocycles. The van der Waals surface area contributed by atoms with Crippen molar-refractivity contribution in [1.82, 2.24) is 15.0 Å². The van der Waals surface area contributed by atoms with Gasteiger partial charge in [-0.25, -0.2) is 14.7 Å². The van der Waals surface area contributed by atoms with Gasteiger partial charge in [-0.3, -0.25) is 0 Å². The molecule has 1 aliphatic rings. The largest absolute Gasteiger partial charge is 0.447 e. The summed E-state index contributed by atoms with van der Waals surface area (Å²) >= 11 is 5.73. The third-order valence-corrected chi connectivity index (χ3v) is 2.41. The van der Waals surface area contributed by atoms with E-state index in [0.29, 0.717) is 12.4 Å². The van der Waals surface area contributed by atoms with Crippen molar-refractivity contribution in [2.75, 3.05) is 11.5 Å². The molecule has 0 bridgehead atoms. The number of carbonyl (C=O) groups is 1. The molecule has 6 nitrogen and oxygen atoms in total. The number of carbonyl (C=O) groups excluding carboxylic acids is 1. The van der Waals surface area contributed by atoms with Crippen LogP contribution in [0.25, 0.3) is 0 Å². The van der Waals surface area contributed by atoms with E-state index in [1.54, 1.807) is 6.92 Å². The number of hydrogen-bond donors (Lipinski definition) is 0. The molecule has 0 saturated carbocycles. The summed E-state index contributed by atoms with van der Waals surface area (Å²) in [6, 6.07) is 0. The van der Waals surface area contributed by atoms with Crippen LogP contribution in [0.1, 0.15) is 19.7 Å². The quantitative estimate of drug-likeness (QED) is 0.748. The molecule has 2 rings (SSSR count). The standard InChI is InChI=1S/C9H11ClN4O2/c1-5-11-6(10)13-7(12-5)14-8(15)16-4-9(14,2)3/h4H2,1-3H3. The van der Waals surface area contributed by atoms with Crippen LogP contribution in [0.15, 0.2) is 0 Å². The first-order valence-electron chi connectivity index (χ1n) is 4.75. The first kappa shape index (κ1) is 11.1. The number of anilines is 1. The average molecular weight is 243 g/mol. The van der Waals surface area contributed by atoms with Crippen molar-refractivity contribution >= 4 is 23.6 Å². The van der Waals surface area contributed by atoms with Crippen LogP contribution in [-0.2, 0) is 4.74 Å². The fourth-order valence-corrected chi connectivity index (χ4v) is 1.70. The number of halogens is 1. The van der Waals surface area contributed by atoms with E-state index in [4.69, 9.17) is 16.3 Å². The van der Waals surface area contributed by atoms with Crippen molar-refractivity contribution in [3.05, 3.63) is 11.1 Å². The Morgan fingerprint density at radius 1 is 1.38 bits per heavy atom. The van der Waals surface area contributed by atoms with E-state index in [1.165, 1.54) is 4.90 Å². The molecule has 1 amide bonds. The summed E-state index contributed by atoms with van der Waals surface area (Å²) in [5.41, 5.74) is -0.478. The predicted molar refractivity (Wildman–Crippen MR) is 57.5 cm³/mol. The maximum absolute atomic E-state index is 11.6. The minimum Gasteiger partial charge on any atom is -0.447 e. The summed E-state index contributed by atoms with van der Waals surface area (Å²) in [5.74, 6) is 0.690. The molecule has 0 atom stereocenters. The van der Waals surface area contributed by atoms with Crippen LogP contribution in [0.3, 0.4) is 0 Å². The highest BCUT2D eigenvalue weighted by Crippen LogP contribution is 2.27. The van der Waals surface area contributed by atoms with E-state index in [2.05, 4.69) is 15.0 Å². The molecule has 0 aliphatic carbocycles. The number of hydrogen-bond acceptors (Lipinski definition) is 5. The Morgan fingerprint density at radius 3 is 2.56 bits per heavy atom. The summed E-state index contributed by atoms with van der Waals surface area (Å²) in [6.07, 6.45) is -0.466. The van der Waals surface area contributed by atoms with Gasteiger partial charge in [0.1, 0.15) is 12.4 Å². The zero-order valence-corrected chi connectivity index (χ0v) is 9.95. The smallest absolute Gasteiger partial charge is 0.417 e. The van der Waals surface area contributed by atoms with Crippen molar-refractivity contribution in [2.24, 2.45) is 0 Å². The lowest BCUT2D eigenvalue weighted by molar-refractivity contribution is 0.175. The van der Waals surface area contributed by atoms with Crippen LogP contribution in [0.4, 0.5) is 10.7 Å². The van der Waals surface area contributed by atoms with Crippen LogP contribution in [0.5, 0.6) is 0 Å². The molecule has 7 heteroatoms. The Balaban J connectivity index is 2.46. The Bertz CT molecular complexity index is 429. The Labute approximate surface area is 97.6 Å². The van der Waals surface area contributed by atoms with E-state index < -0.39 is 11.6 Å². The summed E-state index contributed by atoms with van der Waals surface area (Å²) in [7, 11) is 0. The van der Waals surface area contributed by atoms with Gasteiger partial charge in [-0.1, -0.05) is 0 Å². The molecule has 1 aromatic rings. The van der Waals surface area contributed by atoms with Gasteiger partial charge in [0.25, 0.3) is 0 Å². The summed E-state index contributed by atoms with van der Waals surface area (Å²) in [5, 5.41) is 0.0676. The van der Waals surface area contributed by atoms with Gasteiger partial charge in [0.2, 0.25) is 11.2 Å². The number of cyclic esters (lactones) is 1. The van der Waals surface area contributed by atoms with Crippen LogP contribution in [0.2, 0.25) is 5.28 Å². The summed E-state index contributed by atoms with van der Waals surface area (Å²) < 4.78 is 4.96. The second-order valence-electron chi connectivity index (χ2n) is 4.15. The first-order valence-corrected chi connectivity index (χ1v) is 5.13. The number of aryl methyl sites for hydroxylation is 1. The number of amides is 1. The monoisotopic (exact) mass is 242 g/mol. The number of rotatable bonds is 1. The van der Waals surface area contributed by atoms with Crippen molar-refractivity contribution in [3.63, 3.8) is 0 Å².